The molecule has 0 spiro atoms. The summed E-state index contributed by atoms with van der Waals surface area (Å²) in [4.78, 5) is 13.5. The van der Waals surface area contributed by atoms with Crippen LogP contribution in [0.5, 0.6) is 0 Å². The number of sulfone groups is 1. The molecule has 3 rings (SSSR count). The number of pyridine rings is 1. The van der Waals surface area contributed by atoms with E-state index in [0.717, 1.165) is 23.9 Å². The lowest BCUT2D eigenvalue weighted by Gasteiger charge is -2.33. The maximum Gasteiger partial charge on any atom is 0.340 e. The van der Waals surface area contributed by atoms with Crippen molar-refractivity contribution < 1.29 is 18.3 Å². The molecule has 0 radical (unpaired) electrons. The molecule has 0 saturated carbocycles. The van der Waals surface area contributed by atoms with Gasteiger partial charge in [0.25, 0.3) is 0 Å². The minimum absolute atomic E-state index is 0.199. The van der Waals surface area contributed by atoms with Crippen LogP contribution in [0.2, 0.25) is 0 Å². The van der Waals surface area contributed by atoms with E-state index >= 15 is 0 Å². The lowest BCUT2D eigenvalue weighted by Crippen LogP contribution is -2.60. The van der Waals surface area contributed by atoms with E-state index in [1.807, 2.05) is 43.5 Å². The van der Waals surface area contributed by atoms with Crippen LogP contribution in [0.4, 0.5) is 0 Å². The van der Waals surface area contributed by atoms with Crippen LogP contribution in [0, 0.1) is 5.92 Å². The van der Waals surface area contributed by atoms with Crippen LogP contribution in [-0.2, 0) is 21.1 Å². The van der Waals surface area contributed by atoms with Gasteiger partial charge in [0.1, 0.15) is 0 Å². The average Bonchev–Trinajstić information content (AvgIpc) is 3.32. The number of hydrogen-bond donors (Lipinski definition) is 2. The molecular weight excluding hydrogens is 416 g/mol. The Morgan fingerprint density at radius 1 is 1.19 bits per heavy atom. The van der Waals surface area contributed by atoms with Gasteiger partial charge in [-0.2, -0.15) is 5.10 Å². The van der Waals surface area contributed by atoms with Gasteiger partial charge in [-0.25, -0.2) is 17.9 Å². The van der Waals surface area contributed by atoms with Crippen LogP contribution in [0.25, 0.3) is 5.69 Å². The van der Waals surface area contributed by atoms with E-state index in [1.165, 1.54) is 18.3 Å². The summed E-state index contributed by atoms with van der Waals surface area (Å²) in [5.41, 5.74) is 7.91. The molecule has 3 aromatic rings. The van der Waals surface area contributed by atoms with Gasteiger partial charge in [-0.05, 0) is 48.7 Å². The Hall–Kier alpha value is -3.04. The third-order valence-corrected chi connectivity index (χ3v) is 7.68. The number of nitrogens with two attached hydrogens (primary N) is 1. The number of carboxylic acid groups (broad SMARTS) is 1. The first-order valence-electron chi connectivity index (χ1n) is 10.1. The van der Waals surface area contributed by atoms with Crippen LogP contribution in [0.3, 0.4) is 0 Å². The Balaban J connectivity index is 1.98. The fourth-order valence-electron chi connectivity index (χ4n) is 3.62. The minimum atomic E-state index is -4.39. The minimum Gasteiger partial charge on any atom is -0.479 e. The summed E-state index contributed by atoms with van der Waals surface area (Å²) < 4.78 is 28.4. The molecule has 0 fully saturated rings. The van der Waals surface area contributed by atoms with E-state index in [-0.39, 0.29) is 11.3 Å². The van der Waals surface area contributed by atoms with Crippen molar-refractivity contribution in [1.29, 1.82) is 0 Å². The summed E-state index contributed by atoms with van der Waals surface area (Å²) in [5, 5.41) is 14.2. The van der Waals surface area contributed by atoms with Crippen molar-refractivity contribution in [3.05, 3.63) is 72.8 Å². The number of aromatic nitrogens is 3. The number of aliphatic carboxylic acids is 1. The molecular formula is C22H26N4O4S. The number of benzene rings is 1. The first kappa shape index (κ1) is 22.6. The third-order valence-electron chi connectivity index (χ3n) is 5.42. The largest absolute Gasteiger partial charge is 0.479 e. The topological polar surface area (TPSA) is 128 Å². The summed E-state index contributed by atoms with van der Waals surface area (Å²) in [6, 6.07) is 12.0. The Labute approximate surface area is 181 Å². The lowest BCUT2D eigenvalue weighted by molar-refractivity contribution is -0.141. The highest BCUT2D eigenvalue weighted by Crippen LogP contribution is 2.34. The number of rotatable bonds is 10. The van der Waals surface area contributed by atoms with Gasteiger partial charge in [-0.3, -0.25) is 4.98 Å². The van der Waals surface area contributed by atoms with Crippen molar-refractivity contribution in [3.8, 4) is 5.69 Å². The molecule has 2 atom stereocenters. The van der Waals surface area contributed by atoms with E-state index in [4.69, 9.17) is 5.73 Å². The summed E-state index contributed by atoms with van der Waals surface area (Å²) >= 11 is 0. The van der Waals surface area contributed by atoms with E-state index in [0.29, 0.717) is 12.8 Å². The van der Waals surface area contributed by atoms with Gasteiger partial charge in [0.2, 0.25) is 14.7 Å². The molecule has 0 bridgehead atoms. The van der Waals surface area contributed by atoms with Crippen LogP contribution < -0.4 is 5.73 Å². The molecule has 0 saturated heterocycles. The second kappa shape index (κ2) is 9.40. The highest BCUT2D eigenvalue weighted by molar-refractivity contribution is 7.93. The molecule has 2 unspecified atom stereocenters. The molecule has 3 N–H and O–H groups in total. The SMILES string of the molecule is CCCCC(Cc1ccc(-n2cccn2)cc1)C(N)(C(=O)O)S(=O)(=O)c1cccnc1. The number of carboxylic acids is 1. The van der Waals surface area contributed by atoms with Gasteiger partial charge in [0, 0.05) is 30.7 Å². The molecule has 0 aliphatic carbocycles. The van der Waals surface area contributed by atoms with Gasteiger partial charge >= 0.3 is 5.97 Å². The summed E-state index contributed by atoms with van der Waals surface area (Å²) in [7, 11) is -4.39. The van der Waals surface area contributed by atoms with Crippen molar-refractivity contribution in [1.82, 2.24) is 14.8 Å². The monoisotopic (exact) mass is 442 g/mol. The van der Waals surface area contributed by atoms with Gasteiger partial charge < -0.3 is 10.8 Å². The zero-order valence-corrected chi connectivity index (χ0v) is 18.1. The molecule has 0 aliphatic heterocycles. The van der Waals surface area contributed by atoms with Gasteiger partial charge in [-0.15, -0.1) is 0 Å². The first-order chi connectivity index (χ1) is 14.8. The Bertz CT molecular complexity index is 1100. The maximum absolute atomic E-state index is 13.3. The standard InChI is InChI=1S/C22H26N4O4S/c1-2-3-6-18(15-17-8-10-19(11-9-17)26-14-5-13-25-26)22(23,21(27)28)31(29,30)20-7-4-12-24-16-20/h4-5,7-14,16,18H,2-3,6,15,23H2,1H3,(H,27,28). The third kappa shape index (κ3) is 4.52. The molecule has 2 heterocycles. The highest BCUT2D eigenvalue weighted by Gasteiger charge is 2.54. The molecule has 9 heteroatoms. The molecule has 1 aromatic carbocycles. The van der Waals surface area contributed by atoms with Crippen LogP contribution in [0.1, 0.15) is 31.7 Å². The molecule has 0 amide bonds. The smallest absolute Gasteiger partial charge is 0.340 e. The van der Waals surface area contributed by atoms with Crippen molar-refractivity contribution in [3.63, 3.8) is 0 Å². The summed E-state index contributed by atoms with van der Waals surface area (Å²) in [6.07, 6.45) is 8.06. The van der Waals surface area contributed by atoms with Crippen molar-refractivity contribution in [2.24, 2.45) is 11.7 Å². The van der Waals surface area contributed by atoms with E-state index in [2.05, 4.69) is 10.1 Å². The number of carbonyl (C=O) groups is 1. The fraction of sp³-hybridized carbons (Fsp3) is 0.318. The number of nitrogens with zero attached hydrogens (tertiary/aromatic N) is 3. The predicted molar refractivity (Wildman–Crippen MR) is 116 cm³/mol. The van der Waals surface area contributed by atoms with Crippen LogP contribution in [-0.4, -0.2) is 39.1 Å². The number of unbranched alkanes of at least 4 members (excludes halogenated alkanes) is 1. The zero-order chi connectivity index (χ0) is 22.5. The van der Waals surface area contributed by atoms with E-state index < -0.39 is 26.6 Å². The predicted octanol–water partition coefficient (Wildman–Crippen LogP) is 2.83. The van der Waals surface area contributed by atoms with Crippen LogP contribution in [0.15, 0.2) is 72.1 Å². The fourth-order valence-corrected chi connectivity index (χ4v) is 5.34. The number of hydrogen-bond acceptors (Lipinski definition) is 6. The van der Waals surface area contributed by atoms with Crippen molar-refractivity contribution in [2.75, 3.05) is 0 Å². The zero-order valence-electron chi connectivity index (χ0n) is 17.3. The van der Waals surface area contributed by atoms with Gasteiger partial charge in [-0.1, -0.05) is 31.9 Å². The van der Waals surface area contributed by atoms with E-state index in [1.54, 1.807) is 10.9 Å². The lowest BCUT2D eigenvalue weighted by atomic mass is 9.87. The Morgan fingerprint density at radius 3 is 2.48 bits per heavy atom. The summed E-state index contributed by atoms with van der Waals surface area (Å²) in [6.45, 7) is 1.96. The Morgan fingerprint density at radius 2 is 1.94 bits per heavy atom. The maximum atomic E-state index is 13.3. The van der Waals surface area contributed by atoms with Crippen LogP contribution >= 0.6 is 0 Å². The quantitative estimate of drug-likeness (QED) is 0.494. The summed E-state index contributed by atoms with van der Waals surface area (Å²) in [5.74, 6) is -2.39. The molecule has 2 aromatic heterocycles. The van der Waals surface area contributed by atoms with E-state index in [9.17, 15) is 18.3 Å². The second-order valence-electron chi connectivity index (χ2n) is 7.45. The molecule has 31 heavy (non-hydrogen) atoms. The average molecular weight is 443 g/mol. The Kier molecular flexibility index (Phi) is 6.87. The van der Waals surface area contributed by atoms with Gasteiger partial charge in [0.15, 0.2) is 0 Å². The highest BCUT2D eigenvalue weighted by atomic mass is 32.2. The molecule has 8 nitrogen and oxygen atoms in total. The van der Waals surface area contributed by atoms with Crippen molar-refractivity contribution in [2.45, 2.75) is 42.4 Å². The molecule has 164 valence electrons. The van der Waals surface area contributed by atoms with Crippen molar-refractivity contribution >= 4 is 15.8 Å². The van der Waals surface area contributed by atoms with Gasteiger partial charge in [0.05, 0.1) is 10.6 Å². The second-order valence-corrected chi connectivity index (χ2v) is 9.60. The molecule has 0 aliphatic rings. The normalized spacial score (nSPS) is 14.6. The first-order valence-corrected chi connectivity index (χ1v) is 11.5.